The summed E-state index contributed by atoms with van der Waals surface area (Å²) in [6, 6.07) is 1.44. The summed E-state index contributed by atoms with van der Waals surface area (Å²) in [5, 5.41) is 6.13. The van der Waals surface area contributed by atoms with Gasteiger partial charge in [-0.15, -0.1) is 0 Å². The Morgan fingerprint density at radius 2 is 1.83 bits per heavy atom. The SMILES string of the molecule is C[C@@H](C(=O)OCC(=O)Nc1cc(C(F)(F)F)ccc1-n1cncn1)N1C(=O)C2CCCCC2C1=O. The van der Waals surface area contributed by atoms with Gasteiger partial charge >= 0.3 is 12.1 Å². The van der Waals surface area contributed by atoms with Crippen LogP contribution >= 0.6 is 0 Å². The summed E-state index contributed by atoms with van der Waals surface area (Å²) in [5.74, 6) is -3.61. The first-order chi connectivity index (χ1) is 16.6. The third-order valence-corrected chi connectivity index (χ3v) is 6.21. The standard InChI is InChI=1S/C22H22F3N5O5/c1-12(30-19(32)14-4-2-3-5-15(14)20(30)33)21(34)35-9-18(31)28-16-8-13(22(23,24)25)6-7-17(16)29-11-26-10-27-29/h6-8,10-12,14-15H,2-5,9H2,1H3,(H,28,31)/t12-,14?,15?/m0/s1. The van der Waals surface area contributed by atoms with Gasteiger partial charge in [-0.1, -0.05) is 12.8 Å². The Bertz CT molecular complexity index is 1130. The second-order valence-corrected chi connectivity index (χ2v) is 8.45. The van der Waals surface area contributed by atoms with Gasteiger partial charge < -0.3 is 10.1 Å². The van der Waals surface area contributed by atoms with Gasteiger partial charge in [-0.05, 0) is 38.0 Å². The van der Waals surface area contributed by atoms with Gasteiger partial charge in [-0.3, -0.25) is 19.3 Å². The normalized spacial score (nSPS) is 21.0. The van der Waals surface area contributed by atoms with Crippen LogP contribution in [-0.4, -0.2) is 56.0 Å². The zero-order valence-corrected chi connectivity index (χ0v) is 18.6. The monoisotopic (exact) mass is 493 g/mol. The van der Waals surface area contributed by atoms with Gasteiger partial charge in [-0.25, -0.2) is 14.5 Å². The lowest BCUT2D eigenvalue weighted by molar-refractivity contribution is -0.159. The number of ether oxygens (including phenoxy) is 1. The maximum absolute atomic E-state index is 13.2. The van der Waals surface area contributed by atoms with E-state index >= 15 is 0 Å². The summed E-state index contributed by atoms with van der Waals surface area (Å²) in [5.41, 5.74) is -1.12. The zero-order valence-electron chi connectivity index (χ0n) is 18.6. The lowest BCUT2D eigenvalue weighted by atomic mass is 9.81. The average Bonchev–Trinajstić information content (AvgIpc) is 3.44. The number of likely N-dealkylation sites (tertiary alicyclic amines) is 1. The number of hydrogen-bond donors (Lipinski definition) is 1. The summed E-state index contributed by atoms with van der Waals surface area (Å²) < 4.78 is 45.6. The minimum atomic E-state index is -4.66. The van der Waals surface area contributed by atoms with Crippen molar-refractivity contribution in [3.8, 4) is 5.69 Å². The maximum atomic E-state index is 13.2. The summed E-state index contributed by atoms with van der Waals surface area (Å²) in [6.07, 6.45) is 0.583. The molecule has 2 aliphatic rings. The number of fused-ring (bicyclic) bond motifs is 1. The number of rotatable bonds is 6. The van der Waals surface area contributed by atoms with Crippen molar-refractivity contribution in [2.75, 3.05) is 11.9 Å². The van der Waals surface area contributed by atoms with Crippen LogP contribution in [0.15, 0.2) is 30.9 Å². The van der Waals surface area contributed by atoms with Gasteiger partial charge in [0.15, 0.2) is 6.61 Å². The molecule has 10 nitrogen and oxygen atoms in total. The van der Waals surface area contributed by atoms with Crippen molar-refractivity contribution in [2.45, 2.75) is 44.8 Å². The quantitative estimate of drug-likeness (QED) is 0.484. The lowest BCUT2D eigenvalue weighted by Gasteiger charge is -2.21. The number of aromatic nitrogens is 3. The van der Waals surface area contributed by atoms with Gasteiger partial charge in [0.25, 0.3) is 5.91 Å². The molecule has 35 heavy (non-hydrogen) atoms. The Balaban J connectivity index is 1.42. The Labute approximate surface area is 197 Å². The van der Waals surface area contributed by atoms with Crippen LogP contribution in [0.2, 0.25) is 0 Å². The number of amides is 3. The fourth-order valence-electron chi connectivity index (χ4n) is 4.46. The summed E-state index contributed by atoms with van der Waals surface area (Å²) in [4.78, 5) is 54.9. The molecule has 186 valence electrons. The number of hydrogen-bond acceptors (Lipinski definition) is 7. The molecule has 1 aromatic heterocycles. The number of carbonyl (C=O) groups excluding carboxylic acids is 4. The molecule has 3 atom stereocenters. The maximum Gasteiger partial charge on any atom is 0.416 e. The molecule has 0 bridgehead atoms. The molecule has 3 amide bonds. The van der Waals surface area contributed by atoms with E-state index in [1.807, 2.05) is 0 Å². The number of carbonyl (C=O) groups is 4. The number of alkyl halides is 3. The number of benzene rings is 1. The first-order valence-electron chi connectivity index (χ1n) is 11.0. The zero-order chi connectivity index (χ0) is 25.3. The third-order valence-electron chi connectivity index (χ3n) is 6.21. The van der Waals surface area contributed by atoms with E-state index in [9.17, 15) is 32.3 Å². The van der Waals surface area contributed by atoms with Crippen molar-refractivity contribution in [3.63, 3.8) is 0 Å². The van der Waals surface area contributed by atoms with Crippen LogP contribution < -0.4 is 5.32 Å². The van der Waals surface area contributed by atoms with Crippen molar-refractivity contribution < 1.29 is 37.1 Å². The molecule has 0 spiro atoms. The highest BCUT2D eigenvalue weighted by molar-refractivity contribution is 6.08. The minimum absolute atomic E-state index is 0.111. The van der Waals surface area contributed by atoms with Gasteiger partial charge in [0.05, 0.1) is 28.8 Å². The first kappa shape index (κ1) is 24.4. The summed E-state index contributed by atoms with van der Waals surface area (Å²) in [6.45, 7) is 0.502. The number of halogens is 3. The third kappa shape index (κ3) is 4.88. The molecule has 2 fully saturated rings. The van der Waals surface area contributed by atoms with Gasteiger partial charge in [0.2, 0.25) is 11.8 Å². The van der Waals surface area contributed by atoms with Crippen LogP contribution in [-0.2, 0) is 30.1 Å². The van der Waals surface area contributed by atoms with Crippen LogP contribution in [0, 0.1) is 11.8 Å². The molecule has 2 aromatic rings. The molecule has 2 heterocycles. The first-order valence-corrected chi connectivity index (χ1v) is 11.0. The van der Waals surface area contributed by atoms with Gasteiger partial charge in [0, 0.05) is 0 Å². The van der Waals surface area contributed by atoms with Crippen molar-refractivity contribution in [1.82, 2.24) is 19.7 Å². The smallest absolute Gasteiger partial charge is 0.416 e. The van der Waals surface area contributed by atoms with Crippen LogP contribution in [0.25, 0.3) is 5.69 Å². The van der Waals surface area contributed by atoms with Crippen LogP contribution in [0.3, 0.4) is 0 Å². The number of nitrogens with zero attached hydrogens (tertiary/aromatic N) is 4. The van der Waals surface area contributed by atoms with E-state index in [4.69, 9.17) is 4.74 Å². The Kier molecular flexibility index (Phi) is 6.59. The highest BCUT2D eigenvalue weighted by Gasteiger charge is 2.51. The van der Waals surface area contributed by atoms with E-state index in [2.05, 4.69) is 15.4 Å². The Morgan fingerprint density at radius 3 is 2.40 bits per heavy atom. The molecule has 0 radical (unpaired) electrons. The van der Waals surface area contributed by atoms with Gasteiger partial charge in [0.1, 0.15) is 18.7 Å². The van der Waals surface area contributed by atoms with Crippen molar-refractivity contribution in [1.29, 1.82) is 0 Å². The summed E-state index contributed by atoms with van der Waals surface area (Å²) >= 11 is 0. The topological polar surface area (TPSA) is 123 Å². The van der Waals surface area contributed by atoms with E-state index in [0.29, 0.717) is 12.8 Å². The molecular formula is C22H22F3N5O5. The molecule has 13 heteroatoms. The van der Waals surface area contributed by atoms with Crippen molar-refractivity contribution in [2.24, 2.45) is 11.8 Å². The molecule has 1 aliphatic carbocycles. The highest BCUT2D eigenvalue weighted by atomic mass is 19.4. The molecule has 4 rings (SSSR count). The highest BCUT2D eigenvalue weighted by Crippen LogP contribution is 2.39. The second-order valence-electron chi connectivity index (χ2n) is 8.45. The molecule has 1 aliphatic heterocycles. The number of esters is 1. The number of imide groups is 1. The number of nitrogens with one attached hydrogen (secondary N) is 1. The Morgan fingerprint density at radius 1 is 1.17 bits per heavy atom. The molecule has 1 aromatic carbocycles. The van der Waals surface area contributed by atoms with E-state index in [0.717, 1.165) is 40.6 Å². The molecule has 1 saturated heterocycles. The second kappa shape index (κ2) is 9.47. The van der Waals surface area contributed by atoms with E-state index < -0.39 is 59.9 Å². The molecule has 1 N–H and O–H groups in total. The van der Waals surface area contributed by atoms with Crippen molar-refractivity contribution >= 4 is 29.4 Å². The fraction of sp³-hybridized carbons (Fsp3) is 0.455. The Hall–Kier alpha value is -3.77. The average molecular weight is 493 g/mol. The van der Waals surface area contributed by atoms with E-state index in [1.54, 1.807) is 0 Å². The van der Waals surface area contributed by atoms with E-state index in [-0.39, 0.29) is 11.4 Å². The predicted molar refractivity (Wildman–Crippen MR) is 113 cm³/mol. The lowest BCUT2D eigenvalue weighted by Crippen LogP contribution is -2.45. The molecule has 1 saturated carbocycles. The summed E-state index contributed by atoms with van der Waals surface area (Å²) in [7, 11) is 0. The molecule has 2 unspecified atom stereocenters. The number of anilines is 1. The van der Waals surface area contributed by atoms with Crippen LogP contribution in [0.5, 0.6) is 0 Å². The fourth-order valence-corrected chi connectivity index (χ4v) is 4.46. The minimum Gasteiger partial charge on any atom is -0.454 e. The van der Waals surface area contributed by atoms with Gasteiger partial charge in [-0.2, -0.15) is 18.3 Å². The predicted octanol–water partition coefficient (Wildman–Crippen LogP) is 2.33. The van der Waals surface area contributed by atoms with Crippen LogP contribution in [0.4, 0.5) is 18.9 Å². The van der Waals surface area contributed by atoms with E-state index in [1.165, 1.54) is 19.6 Å². The largest absolute Gasteiger partial charge is 0.454 e. The molecular weight excluding hydrogens is 471 g/mol. The van der Waals surface area contributed by atoms with Crippen molar-refractivity contribution in [3.05, 3.63) is 36.4 Å². The van der Waals surface area contributed by atoms with Crippen LogP contribution in [0.1, 0.15) is 38.2 Å².